The molecule has 1 atom stereocenters. The summed E-state index contributed by atoms with van der Waals surface area (Å²) in [6, 6.07) is 5.72. The molecule has 21 heavy (non-hydrogen) atoms. The van der Waals surface area contributed by atoms with Gasteiger partial charge in [-0.15, -0.1) is 0 Å². The van der Waals surface area contributed by atoms with E-state index >= 15 is 0 Å². The van der Waals surface area contributed by atoms with Crippen LogP contribution in [0.5, 0.6) is 0 Å². The number of hydrogen-bond acceptors (Lipinski definition) is 2. The third-order valence-electron chi connectivity index (χ3n) is 4.34. The second-order valence-electron chi connectivity index (χ2n) is 5.87. The quantitative estimate of drug-likeness (QED) is 0.928. The van der Waals surface area contributed by atoms with E-state index in [9.17, 15) is 14.0 Å². The molecule has 0 bridgehead atoms. The fraction of sp³-hybridized carbons (Fsp3) is 0.500. The summed E-state index contributed by atoms with van der Waals surface area (Å²) in [6.07, 6.45) is 4.45. The molecule has 2 fully saturated rings. The van der Waals surface area contributed by atoms with Crippen molar-refractivity contribution in [1.82, 2.24) is 5.32 Å². The highest BCUT2D eigenvalue weighted by Gasteiger charge is 2.33. The van der Waals surface area contributed by atoms with Gasteiger partial charge in [-0.1, -0.05) is 12.8 Å². The van der Waals surface area contributed by atoms with Gasteiger partial charge in [-0.25, -0.2) is 4.39 Å². The maximum atomic E-state index is 12.9. The van der Waals surface area contributed by atoms with Gasteiger partial charge in [0.25, 0.3) is 0 Å². The Morgan fingerprint density at radius 2 is 1.86 bits per heavy atom. The van der Waals surface area contributed by atoms with Gasteiger partial charge in [-0.2, -0.15) is 0 Å². The van der Waals surface area contributed by atoms with Crippen LogP contribution in [-0.2, 0) is 9.59 Å². The Hall–Kier alpha value is -1.91. The van der Waals surface area contributed by atoms with E-state index in [-0.39, 0.29) is 29.6 Å². The summed E-state index contributed by atoms with van der Waals surface area (Å²) in [4.78, 5) is 25.8. The summed E-state index contributed by atoms with van der Waals surface area (Å²) in [5.41, 5.74) is 0.680. The molecule has 2 amide bonds. The van der Waals surface area contributed by atoms with Gasteiger partial charge in [0, 0.05) is 24.6 Å². The lowest BCUT2D eigenvalue weighted by molar-refractivity contribution is -0.125. The van der Waals surface area contributed by atoms with Crippen molar-refractivity contribution in [3.05, 3.63) is 30.1 Å². The summed E-state index contributed by atoms with van der Waals surface area (Å²) >= 11 is 0. The Kier molecular flexibility index (Phi) is 3.90. The Morgan fingerprint density at radius 1 is 1.19 bits per heavy atom. The number of hydrogen-bond donors (Lipinski definition) is 1. The average Bonchev–Trinajstić information content (AvgIpc) is 3.10. The molecule has 2 aliphatic rings. The van der Waals surface area contributed by atoms with Gasteiger partial charge in [0.15, 0.2) is 0 Å². The highest BCUT2D eigenvalue weighted by atomic mass is 19.1. The zero-order valence-corrected chi connectivity index (χ0v) is 11.8. The Balaban J connectivity index is 1.61. The third kappa shape index (κ3) is 3.06. The zero-order valence-electron chi connectivity index (χ0n) is 11.8. The van der Waals surface area contributed by atoms with Crippen molar-refractivity contribution in [2.75, 3.05) is 11.4 Å². The molecule has 1 aromatic carbocycles. The molecule has 1 aliphatic heterocycles. The molecule has 1 unspecified atom stereocenters. The van der Waals surface area contributed by atoms with Crippen molar-refractivity contribution in [1.29, 1.82) is 0 Å². The van der Waals surface area contributed by atoms with Crippen molar-refractivity contribution in [2.45, 2.75) is 38.1 Å². The number of amides is 2. The minimum Gasteiger partial charge on any atom is -0.351 e. The van der Waals surface area contributed by atoms with Crippen molar-refractivity contribution in [3.8, 4) is 0 Å². The van der Waals surface area contributed by atoms with Gasteiger partial charge in [-0.3, -0.25) is 9.59 Å². The summed E-state index contributed by atoms with van der Waals surface area (Å²) in [7, 11) is 0. The van der Waals surface area contributed by atoms with Crippen LogP contribution in [0.25, 0.3) is 0 Å². The summed E-state index contributed by atoms with van der Waals surface area (Å²) < 4.78 is 12.9. The topological polar surface area (TPSA) is 49.4 Å². The second kappa shape index (κ2) is 5.84. The van der Waals surface area contributed by atoms with Gasteiger partial charge in [0.1, 0.15) is 5.82 Å². The van der Waals surface area contributed by atoms with E-state index in [1.54, 1.807) is 17.0 Å². The van der Waals surface area contributed by atoms with Crippen LogP contribution in [-0.4, -0.2) is 24.4 Å². The largest absolute Gasteiger partial charge is 0.351 e. The van der Waals surface area contributed by atoms with Crippen LogP contribution < -0.4 is 10.2 Å². The maximum Gasteiger partial charge on any atom is 0.229 e. The van der Waals surface area contributed by atoms with E-state index in [1.165, 1.54) is 12.1 Å². The maximum absolute atomic E-state index is 12.9. The molecule has 1 saturated heterocycles. The van der Waals surface area contributed by atoms with Crippen molar-refractivity contribution < 1.29 is 14.0 Å². The molecule has 112 valence electrons. The molecule has 5 heteroatoms. The minimum atomic E-state index is -0.323. The first-order valence-electron chi connectivity index (χ1n) is 7.50. The Morgan fingerprint density at radius 3 is 2.52 bits per heavy atom. The van der Waals surface area contributed by atoms with Crippen molar-refractivity contribution >= 4 is 17.5 Å². The van der Waals surface area contributed by atoms with E-state index in [4.69, 9.17) is 0 Å². The average molecular weight is 290 g/mol. The Labute approximate surface area is 123 Å². The number of carbonyl (C=O) groups is 2. The SMILES string of the molecule is O=C(NC1CC(=O)N(c2ccc(F)cc2)C1)C1CCCC1. The fourth-order valence-electron chi connectivity index (χ4n) is 3.18. The highest BCUT2D eigenvalue weighted by Crippen LogP contribution is 2.26. The van der Waals surface area contributed by atoms with Crippen molar-refractivity contribution in [3.63, 3.8) is 0 Å². The molecule has 3 rings (SSSR count). The van der Waals surface area contributed by atoms with Gasteiger partial charge < -0.3 is 10.2 Å². The van der Waals surface area contributed by atoms with Crippen LogP contribution in [0.1, 0.15) is 32.1 Å². The van der Waals surface area contributed by atoms with Gasteiger partial charge in [0.05, 0.1) is 6.04 Å². The summed E-state index contributed by atoms with van der Waals surface area (Å²) in [5, 5.41) is 2.99. The standard InChI is InChI=1S/C16H19FN2O2/c17-12-5-7-14(8-6-12)19-10-13(9-15(19)20)18-16(21)11-3-1-2-4-11/h5-8,11,13H,1-4,9-10H2,(H,18,21). The van der Waals surface area contributed by atoms with Crippen LogP contribution in [0.2, 0.25) is 0 Å². The van der Waals surface area contributed by atoms with Gasteiger partial charge in [-0.05, 0) is 37.1 Å². The van der Waals surface area contributed by atoms with Crippen LogP contribution in [0, 0.1) is 11.7 Å². The fourth-order valence-corrected chi connectivity index (χ4v) is 3.18. The smallest absolute Gasteiger partial charge is 0.229 e. The molecule has 0 spiro atoms. The molecule has 1 heterocycles. The number of nitrogens with zero attached hydrogens (tertiary/aromatic N) is 1. The predicted octanol–water partition coefficient (Wildman–Crippen LogP) is 2.24. The first-order valence-corrected chi connectivity index (χ1v) is 7.50. The Bertz CT molecular complexity index is 538. The number of carbonyl (C=O) groups excluding carboxylic acids is 2. The van der Waals surface area contributed by atoms with Gasteiger partial charge >= 0.3 is 0 Å². The number of anilines is 1. The molecular weight excluding hydrogens is 271 g/mol. The molecular formula is C16H19FN2O2. The number of nitrogens with one attached hydrogen (secondary N) is 1. The molecule has 1 N–H and O–H groups in total. The first kappa shape index (κ1) is 14.0. The minimum absolute atomic E-state index is 0.0293. The van der Waals surface area contributed by atoms with Crippen LogP contribution in [0.4, 0.5) is 10.1 Å². The second-order valence-corrected chi connectivity index (χ2v) is 5.87. The zero-order chi connectivity index (χ0) is 14.8. The normalized spacial score (nSPS) is 22.8. The predicted molar refractivity (Wildman–Crippen MR) is 77.3 cm³/mol. The van der Waals surface area contributed by atoms with E-state index < -0.39 is 0 Å². The summed E-state index contributed by atoms with van der Waals surface area (Å²) in [6.45, 7) is 0.461. The lowest BCUT2D eigenvalue weighted by Crippen LogP contribution is -2.40. The van der Waals surface area contributed by atoms with E-state index in [1.807, 2.05) is 0 Å². The highest BCUT2D eigenvalue weighted by molar-refractivity contribution is 5.96. The molecule has 0 radical (unpaired) electrons. The van der Waals surface area contributed by atoms with Crippen LogP contribution in [0.15, 0.2) is 24.3 Å². The van der Waals surface area contributed by atoms with Crippen LogP contribution >= 0.6 is 0 Å². The monoisotopic (exact) mass is 290 g/mol. The van der Waals surface area contributed by atoms with E-state index in [0.717, 1.165) is 25.7 Å². The van der Waals surface area contributed by atoms with Crippen LogP contribution in [0.3, 0.4) is 0 Å². The van der Waals surface area contributed by atoms with E-state index in [0.29, 0.717) is 18.7 Å². The first-order chi connectivity index (χ1) is 10.1. The molecule has 1 saturated carbocycles. The number of rotatable bonds is 3. The van der Waals surface area contributed by atoms with E-state index in [2.05, 4.69) is 5.32 Å². The lowest BCUT2D eigenvalue weighted by Gasteiger charge is -2.18. The number of halogens is 1. The lowest BCUT2D eigenvalue weighted by atomic mass is 10.1. The van der Waals surface area contributed by atoms with Gasteiger partial charge in [0.2, 0.25) is 11.8 Å². The number of benzene rings is 1. The summed E-state index contributed by atoms with van der Waals surface area (Å²) in [5.74, 6) is -0.166. The molecule has 1 aromatic rings. The third-order valence-corrected chi connectivity index (χ3v) is 4.34. The molecule has 1 aliphatic carbocycles. The molecule has 0 aromatic heterocycles. The van der Waals surface area contributed by atoms with Crippen molar-refractivity contribution in [2.24, 2.45) is 5.92 Å². The molecule has 4 nitrogen and oxygen atoms in total.